The van der Waals surface area contributed by atoms with Crippen LogP contribution in [0.4, 0.5) is 0 Å². The minimum absolute atomic E-state index is 1.06. The number of hydrogen-bond acceptors (Lipinski definition) is 0. The summed E-state index contributed by atoms with van der Waals surface area (Å²) in [5, 5.41) is 0. The molecule has 4 aliphatic rings. The average Bonchev–Trinajstić information content (AvgIpc) is 2.53. The highest BCUT2D eigenvalue weighted by Crippen LogP contribution is 2.77. The van der Waals surface area contributed by atoms with E-state index in [-0.39, 0.29) is 0 Å². The van der Waals surface area contributed by atoms with Crippen LogP contribution in [0.3, 0.4) is 0 Å². The van der Waals surface area contributed by atoms with Gasteiger partial charge in [0.25, 0.3) is 0 Å². The molecule has 0 aromatic heterocycles. The third-order valence-corrected chi connectivity index (χ3v) is 3.81. The Hall–Kier alpha value is 0. The summed E-state index contributed by atoms with van der Waals surface area (Å²) in [5.41, 5.74) is 0. The summed E-state index contributed by atoms with van der Waals surface area (Å²) < 4.78 is 0. The van der Waals surface area contributed by atoms with Gasteiger partial charge in [0.1, 0.15) is 0 Å². The van der Waals surface area contributed by atoms with Crippen molar-refractivity contribution >= 4 is 0 Å². The summed E-state index contributed by atoms with van der Waals surface area (Å²) >= 11 is 0. The first kappa shape index (κ1) is 4.76. The van der Waals surface area contributed by atoms with Crippen molar-refractivity contribution in [3.8, 4) is 0 Å². The summed E-state index contributed by atoms with van der Waals surface area (Å²) in [5.74, 6) is 6.05. The van der Waals surface area contributed by atoms with Crippen LogP contribution in [0.5, 0.6) is 0 Å². The van der Waals surface area contributed by atoms with E-state index in [1.165, 1.54) is 30.1 Å². The van der Waals surface area contributed by atoms with E-state index in [9.17, 15) is 0 Å². The molecule has 0 heterocycles. The van der Waals surface area contributed by atoms with Crippen molar-refractivity contribution in [3.05, 3.63) is 0 Å². The molecule has 4 fully saturated rings. The Morgan fingerprint density at radius 1 is 1.00 bits per heavy atom. The summed E-state index contributed by atoms with van der Waals surface area (Å²) in [6.45, 7) is 2.43. The lowest BCUT2D eigenvalue weighted by atomic mass is 10.0. The number of fused-ring (bicyclic) bond motifs is 3. The van der Waals surface area contributed by atoms with Gasteiger partial charge in [0, 0.05) is 0 Å². The predicted molar refractivity (Wildman–Crippen MR) is 37.0 cm³/mol. The molecule has 3 atom stereocenters. The fourth-order valence-corrected chi connectivity index (χ4v) is 3.10. The van der Waals surface area contributed by atoms with Crippen LogP contribution < -0.4 is 0 Å². The van der Waals surface area contributed by atoms with E-state index in [4.69, 9.17) is 0 Å². The maximum absolute atomic E-state index is 2.43. The van der Waals surface area contributed by atoms with E-state index in [1.807, 2.05) is 0 Å². The number of rotatable bonds is 0. The molecule has 0 aliphatic heterocycles. The fourth-order valence-electron chi connectivity index (χ4n) is 3.10. The van der Waals surface area contributed by atoms with Crippen LogP contribution >= 0.6 is 0 Å². The van der Waals surface area contributed by atoms with Crippen LogP contribution in [0, 0.1) is 29.6 Å². The smallest absolute Gasteiger partial charge is 0.0318 e. The molecule has 3 unspecified atom stereocenters. The van der Waals surface area contributed by atoms with Crippen molar-refractivity contribution in [2.45, 2.75) is 26.2 Å². The molecule has 0 nitrogen and oxygen atoms in total. The first-order chi connectivity index (χ1) is 4.38. The molecule has 4 aliphatic carbocycles. The highest BCUT2D eigenvalue weighted by molar-refractivity contribution is 5.20. The Kier molecular flexibility index (Phi) is 0.640. The van der Waals surface area contributed by atoms with Gasteiger partial charge in [-0.15, -0.1) is 0 Å². The molecule has 0 radical (unpaired) electrons. The molecule has 0 aromatic rings. The molecule has 0 aromatic carbocycles. The molecular weight excluding hydrogens is 108 g/mol. The maximum Gasteiger partial charge on any atom is -0.0318 e. The zero-order chi connectivity index (χ0) is 6.01. The van der Waals surface area contributed by atoms with Gasteiger partial charge in [0.2, 0.25) is 0 Å². The molecule has 4 rings (SSSR count). The van der Waals surface area contributed by atoms with E-state index in [2.05, 4.69) is 6.92 Å². The van der Waals surface area contributed by atoms with Gasteiger partial charge in [-0.1, -0.05) is 13.3 Å². The average molecular weight is 122 g/mol. The van der Waals surface area contributed by atoms with Crippen molar-refractivity contribution in [3.63, 3.8) is 0 Å². The minimum Gasteiger partial charge on any atom is -0.0625 e. The third kappa shape index (κ3) is 0.461. The van der Waals surface area contributed by atoms with Crippen molar-refractivity contribution in [1.29, 1.82) is 0 Å². The largest absolute Gasteiger partial charge is 0.0625 e. The van der Waals surface area contributed by atoms with Gasteiger partial charge in [-0.2, -0.15) is 0 Å². The summed E-state index contributed by atoms with van der Waals surface area (Å²) in [6.07, 6.45) is 4.69. The van der Waals surface area contributed by atoms with E-state index in [0.29, 0.717) is 0 Å². The monoisotopic (exact) mass is 122 g/mol. The highest BCUT2D eigenvalue weighted by atomic mass is 14.8. The highest BCUT2D eigenvalue weighted by Gasteiger charge is 2.72. The van der Waals surface area contributed by atoms with Gasteiger partial charge < -0.3 is 0 Å². The van der Waals surface area contributed by atoms with Crippen molar-refractivity contribution in [2.24, 2.45) is 29.6 Å². The Balaban J connectivity index is 1.80. The minimum atomic E-state index is 1.06. The second-order valence-electron chi connectivity index (χ2n) is 4.40. The van der Waals surface area contributed by atoms with Crippen molar-refractivity contribution < 1.29 is 0 Å². The van der Waals surface area contributed by atoms with Crippen LogP contribution in [-0.2, 0) is 0 Å². The molecule has 0 heteroatoms. The van der Waals surface area contributed by atoms with Gasteiger partial charge in [-0.25, -0.2) is 0 Å². The van der Waals surface area contributed by atoms with Crippen LogP contribution in [-0.4, -0.2) is 0 Å². The normalized spacial score (nSPS) is 68.3. The molecule has 9 heavy (non-hydrogen) atoms. The van der Waals surface area contributed by atoms with Gasteiger partial charge in [-0.05, 0) is 42.4 Å². The quantitative estimate of drug-likeness (QED) is 0.462. The van der Waals surface area contributed by atoms with Gasteiger partial charge in [0.15, 0.2) is 0 Å². The second-order valence-corrected chi connectivity index (χ2v) is 4.40. The Labute approximate surface area is 56.6 Å². The molecular formula is C9H14. The molecule has 4 saturated carbocycles. The summed E-state index contributed by atoms with van der Waals surface area (Å²) in [6, 6.07) is 0. The zero-order valence-electron chi connectivity index (χ0n) is 6.01. The summed E-state index contributed by atoms with van der Waals surface area (Å²) in [4.78, 5) is 0. The topological polar surface area (TPSA) is 0 Å². The molecule has 0 saturated heterocycles. The van der Waals surface area contributed by atoms with Crippen LogP contribution in [0.15, 0.2) is 0 Å². The van der Waals surface area contributed by atoms with Crippen LogP contribution in [0.25, 0.3) is 0 Å². The first-order valence-corrected chi connectivity index (χ1v) is 4.38. The van der Waals surface area contributed by atoms with E-state index >= 15 is 0 Å². The molecule has 0 N–H and O–H groups in total. The lowest BCUT2D eigenvalue weighted by Crippen LogP contribution is -1.96. The molecule has 50 valence electrons. The van der Waals surface area contributed by atoms with Gasteiger partial charge in [0.05, 0.1) is 0 Å². The van der Waals surface area contributed by atoms with Crippen molar-refractivity contribution in [2.75, 3.05) is 0 Å². The Morgan fingerprint density at radius 2 is 1.78 bits per heavy atom. The van der Waals surface area contributed by atoms with Crippen LogP contribution in [0.1, 0.15) is 26.2 Å². The number of hydrogen-bond donors (Lipinski definition) is 0. The predicted octanol–water partition coefficient (Wildman–Crippen LogP) is 2.30. The van der Waals surface area contributed by atoms with E-state index in [0.717, 1.165) is 5.92 Å². The maximum atomic E-state index is 2.43. The second kappa shape index (κ2) is 1.21. The van der Waals surface area contributed by atoms with Gasteiger partial charge in [-0.3, -0.25) is 0 Å². The third-order valence-electron chi connectivity index (χ3n) is 3.81. The van der Waals surface area contributed by atoms with Crippen molar-refractivity contribution in [1.82, 2.24) is 0 Å². The lowest BCUT2D eigenvalue weighted by Gasteiger charge is -2.04. The molecule has 0 amide bonds. The first-order valence-electron chi connectivity index (χ1n) is 4.38. The Morgan fingerprint density at radius 3 is 2.56 bits per heavy atom. The summed E-state index contributed by atoms with van der Waals surface area (Å²) in [7, 11) is 0. The SMILES string of the molecule is CC1CCC2C3C(C1)C23. The molecule has 0 spiro atoms. The van der Waals surface area contributed by atoms with E-state index in [1.54, 1.807) is 12.8 Å². The lowest BCUT2D eigenvalue weighted by molar-refractivity contribution is 0.456. The fraction of sp³-hybridized carbons (Fsp3) is 1.00. The Bertz CT molecular complexity index is 133. The van der Waals surface area contributed by atoms with E-state index < -0.39 is 0 Å². The zero-order valence-corrected chi connectivity index (χ0v) is 6.01. The van der Waals surface area contributed by atoms with Crippen LogP contribution in [0.2, 0.25) is 0 Å². The standard InChI is InChI=1S/C9H14/c1-5-2-3-6-8-7(4-5)9(6)8/h5-9H,2-4H2,1H3. The molecule has 2 bridgehead atoms. The van der Waals surface area contributed by atoms with Gasteiger partial charge >= 0.3 is 0 Å².